The lowest BCUT2D eigenvalue weighted by Gasteiger charge is -2.08. The van der Waals surface area contributed by atoms with Crippen molar-refractivity contribution >= 4 is 5.91 Å². The van der Waals surface area contributed by atoms with Crippen LogP contribution < -0.4 is 11.0 Å². The van der Waals surface area contributed by atoms with Crippen LogP contribution in [-0.4, -0.2) is 26.8 Å². The van der Waals surface area contributed by atoms with Gasteiger partial charge in [-0.15, -0.1) is 0 Å². The van der Waals surface area contributed by atoms with Crippen molar-refractivity contribution in [1.29, 1.82) is 0 Å². The molecule has 1 aliphatic carbocycles. The third kappa shape index (κ3) is 4.14. The topological polar surface area (TPSA) is 68.9 Å². The van der Waals surface area contributed by atoms with Gasteiger partial charge in [-0.05, 0) is 49.2 Å². The predicted molar refractivity (Wildman–Crippen MR) is 104 cm³/mol. The summed E-state index contributed by atoms with van der Waals surface area (Å²) in [6.07, 6.45) is -2.49. The average Bonchev–Trinajstić information content (AvgIpc) is 3.52. The lowest BCUT2D eigenvalue weighted by Crippen LogP contribution is -2.32. The number of amides is 1. The molecule has 3 aromatic rings. The number of halogens is 3. The van der Waals surface area contributed by atoms with Gasteiger partial charge in [-0.1, -0.05) is 18.2 Å². The zero-order chi connectivity index (χ0) is 21.3. The number of nitrogens with zero attached hydrogens (tertiary/aromatic N) is 3. The van der Waals surface area contributed by atoms with Gasteiger partial charge in [-0.2, -0.15) is 18.3 Å². The van der Waals surface area contributed by atoms with Crippen molar-refractivity contribution in [1.82, 2.24) is 19.7 Å². The van der Waals surface area contributed by atoms with E-state index in [0.29, 0.717) is 5.82 Å². The summed E-state index contributed by atoms with van der Waals surface area (Å²) in [4.78, 5) is 25.0. The van der Waals surface area contributed by atoms with Crippen molar-refractivity contribution in [3.8, 4) is 5.69 Å². The fourth-order valence-electron chi connectivity index (χ4n) is 3.18. The van der Waals surface area contributed by atoms with E-state index in [1.807, 2.05) is 30.3 Å². The maximum Gasteiger partial charge on any atom is 0.416 e. The molecular weight excluding hydrogens is 397 g/mol. The molecule has 0 radical (unpaired) electrons. The fraction of sp³-hybridized carbons (Fsp3) is 0.286. The molecule has 4 rings (SSSR count). The largest absolute Gasteiger partial charge is 0.416 e. The molecule has 0 saturated heterocycles. The third-order valence-electron chi connectivity index (χ3n) is 4.90. The van der Waals surface area contributed by atoms with E-state index in [1.165, 1.54) is 4.68 Å². The van der Waals surface area contributed by atoms with Gasteiger partial charge in [0, 0.05) is 18.0 Å². The Morgan fingerprint density at radius 3 is 2.33 bits per heavy atom. The predicted octanol–water partition coefficient (Wildman–Crippen LogP) is 3.36. The van der Waals surface area contributed by atoms with E-state index in [9.17, 15) is 22.8 Å². The van der Waals surface area contributed by atoms with Gasteiger partial charge in [0.1, 0.15) is 5.82 Å². The highest BCUT2D eigenvalue weighted by molar-refractivity contribution is 5.94. The number of hydrogen-bond donors (Lipinski definition) is 1. The molecule has 30 heavy (non-hydrogen) atoms. The van der Waals surface area contributed by atoms with Crippen LogP contribution in [0.3, 0.4) is 0 Å². The van der Waals surface area contributed by atoms with Gasteiger partial charge in [0.05, 0.1) is 17.8 Å². The summed E-state index contributed by atoms with van der Waals surface area (Å²) < 4.78 is 40.8. The van der Waals surface area contributed by atoms with Gasteiger partial charge in [0.25, 0.3) is 5.91 Å². The van der Waals surface area contributed by atoms with E-state index >= 15 is 0 Å². The Morgan fingerprint density at radius 2 is 1.73 bits per heavy atom. The summed E-state index contributed by atoms with van der Waals surface area (Å²) >= 11 is 0. The molecule has 0 spiro atoms. The highest BCUT2D eigenvalue weighted by atomic mass is 19.4. The Morgan fingerprint density at radius 1 is 1.07 bits per heavy atom. The minimum Gasteiger partial charge on any atom is -0.350 e. The van der Waals surface area contributed by atoms with Gasteiger partial charge >= 0.3 is 11.9 Å². The Kier molecular flexibility index (Phi) is 5.19. The van der Waals surface area contributed by atoms with Crippen molar-refractivity contribution in [2.75, 3.05) is 6.54 Å². The zero-order valence-corrected chi connectivity index (χ0v) is 15.9. The van der Waals surface area contributed by atoms with E-state index in [0.717, 1.165) is 42.8 Å². The van der Waals surface area contributed by atoms with E-state index in [1.54, 1.807) is 4.57 Å². The molecule has 1 heterocycles. The zero-order valence-electron chi connectivity index (χ0n) is 15.9. The van der Waals surface area contributed by atoms with Crippen LogP contribution in [0.5, 0.6) is 0 Å². The van der Waals surface area contributed by atoms with Gasteiger partial charge in [0.2, 0.25) is 0 Å². The maximum atomic E-state index is 12.8. The van der Waals surface area contributed by atoms with Gasteiger partial charge in [0.15, 0.2) is 0 Å². The van der Waals surface area contributed by atoms with Crippen LogP contribution in [0.1, 0.15) is 40.5 Å². The molecule has 1 aliphatic rings. The van der Waals surface area contributed by atoms with Crippen molar-refractivity contribution in [3.63, 3.8) is 0 Å². The first-order chi connectivity index (χ1) is 14.3. The number of rotatable bonds is 6. The molecule has 156 valence electrons. The van der Waals surface area contributed by atoms with Crippen molar-refractivity contribution < 1.29 is 18.0 Å². The molecule has 6 nitrogen and oxygen atoms in total. The number of para-hydroxylation sites is 1. The molecular formula is C21H19F3N4O2. The van der Waals surface area contributed by atoms with E-state index in [4.69, 9.17) is 0 Å². The number of nitrogens with one attached hydrogen (secondary N) is 1. The highest BCUT2D eigenvalue weighted by Gasteiger charge is 2.32. The van der Waals surface area contributed by atoms with Crippen molar-refractivity contribution in [3.05, 3.63) is 82.0 Å². The number of benzene rings is 2. The molecule has 0 bridgehead atoms. The quantitative estimate of drug-likeness (QED) is 0.670. The molecule has 1 N–H and O–H groups in total. The van der Waals surface area contributed by atoms with Crippen LogP contribution >= 0.6 is 0 Å². The monoisotopic (exact) mass is 416 g/mol. The van der Waals surface area contributed by atoms with Crippen LogP contribution in [0.4, 0.5) is 13.2 Å². The molecule has 1 saturated carbocycles. The number of carbonyl (C=O) groups is 1. The van der Waals surface area contributed by atoms with Crippen molar-refractivity contribution in [2.24, 2.45) is 0 Å². The van der Waals surface area contributed by atoms with Crippen LogP contribution in [0.15, 0.2) is 59.4 Å². The molecule has 9 heteroatoms. The SMILES string of the molecule is O=C(NCCn1nc(C2CC2)n(-c2ccccc2)c1=O)c1ccc(C(F)(F)F)cc1. The van der Waals surface area contributed by atoms with E-state index in [2.05, 4.69) is 10.4 Å². The Hall–Kier alpha value is -3.36. The summed E-state index contributed by atoms with van der Waals surface area (Å²) in [5.74, 6) is 0.447. The van der Waals surface area contributed by atoms with Crippen LogP contribution in [0.25, 0.3) is 5.69 Å². The number of hydrogen-bond acceptors (Lipinski definition) is 3. The molecule has 1 aromatic heterocycles. The standard InChI is InChI=1S/C21H19F3N4O2/c22-21(23,24)16-10-8-15(9-11-16)19(29)25-12-13-27-20(30)28(17-4-2-1-3-5-17)18(26-27)14-6-7-14/h1-5,8-11,14H,6-7,12-13H2,(H,25,29). The Balaban J connectivity index is 1.44. The van der Waals surface area contributed by atoms with Gasteiger partial charge in [-0.3, -0.25) is 4.79 Å². The normalized spacial score (nSPS) is 14.0. The first kappa shape index (κ1) is 19.9. The molecule has 0 atom stereocenters. The van der Waals surface area contributed by atoms with E-state index < -0.39 is 17.6 Å². The summed E-state index contributed by atoms with van der Waals surface area (Å²) in [6, 6.07) is 13.2. The average molecular weight is 416 g/mol. The lowest BCUT2D eigenvalue weighted by molar-refractivity contribution is -0.137. The second-order valence-corrected chi connectivity index (χ2v) is 7.14. The van der Waals surface area contributed by atoms with Gasteiger partial charge < -0.3 is 5.32 Å². The number of carbonyl (C=O) groups excluding carboxylic acids is 1. The van der Waals surface area contributed by atoms with E-state index in [-0.39, 0.29) is 30.3 Å². The van der Waals surface area contributed by atoms with Crippen LogP contribution in [0.2, 0.25) is 0 Å². The fourth-order valence-corrected chi connectivity index (χ4v) is 3.18. The first-order valence-corrected chi connectivity index (χ1v) is 9.55. The van der Waals surface area contributed by atoms with Crippen LogP contribution in [0, 0.1) is 0 Å². The molecule has 2 aromatic carbocycles. The van der Waals surface area contributed by atoms with Crippen molar-refractivity contribution in [2.45, 2.75) is 31.5 Å². The minimum atomic E-state index is -4.45. The Bertz CT molecular complexity index is 1100. The van der Waals surface area contributed by atoms with Crippen LogP contribution in [-0.2, 0) is 12.7 Å². The lowest BCUT2D eigenvalue weighted by atomic mass is 10.1. The number of aromatic nitrogens is 3. The number of alkyl halides is 3. The maximum absolute atomic E-state index is 12.8. The van der Waals surface area contributed by atoms with Gasteiger partial charge in [-0.25, -0.2) is 14.0 Å². The third-order valence-corrected chi connectivity index (χ3v) is 4.90. The highest BCUT2D eigenvalue weighted by Crippen LogP contribution is 2.39. The second-order valence-electron chi connectivity index (χ2n) is 7.14. The Labute approximate surface area is 170 Å². The first-order valence-electron chi connectivity index (χ1n) is 9.55. The summed E-state index contributed by atoms with van der Waals surface area (Å²) in [5.41, 5.74) is -0.246. The molecule has 0 unspecified atom stereocenters. The summed E-state index contributed by atoms with van der Waals surface area (Å²) in [5, 5.41) is 7.06. The molecule has 0 aliphatic heterocycles. The molecule has 1 fully saturated rings. The summed E-state index contributed by atoms with van der Waals surface area (Å²) in [7, 11) is 0. The molecule has 1 amide bonds. The smallest absolute Gasteiger partial charge is 0.350 e. The minimum absolute atomic E-state index is 0.115. The summed E-state index contributed by atoms with van der Waals surface area (Å²) in [6.45, 7) is 0.278. The second kappa shape index (κ2) is 7.81.